The zero-order valence-electron chi connectivity index (χ0n) is 9.66. The summed E-state index contributed by atoms with van der Waals surface area (Å²) in [5.41, 5.74) is 2.67. The van der Waals surface area contributed by atoms with Crippen molar-refractivity contribution in [3.63, 3.8) is 0 Å². The number of hydrogen-bond donors (Lipinski definition) is 0. The van der Waals surface area contributed by atoms with Gasteiger partial charge < -0.3 is 9.64 Å². The molecule has 1 fully saturated rings. The predicted molar refractivity (Wildman–Crippen MR) is 71.3 cm³/mol. The van der Waals surface area contributed by atoms with E-state index in [9.17, 15) is 0 Å². The van der Waals surface area contributed by atoms with Gasteiger partial charge in [0.1, 0.15) is 0 Å². The van der Waals surface area contributed by atoms with Crippen molar-refractivity contribution < 1.29 is 4.74 Å². The minimum Gasteiger partial charge on any atom is -0.384 e. The first-order valence-corrected chi connectivity index (χ1v) is 6.84. The van der Waals surface area contributed by atoms with Crippen LogP contribution in [0.2, 0.25) is 0 Å². The van der Waals surface area contributed by atoms with Gasteiger partial charge in [0, 0.05) is 37.1 Å². The highest BCUT2D eigenvalue weighted by atomic mass is 79.9. The molecule has 1 heterocycles. The van der Waals surface area contributed by atoms with E-state index in [1.54, 1.807) is 7.11 Å². The summed E-state index contributed by atoms with van der Waals surface area (Å²) in [7, 11) is 1.79. The van der Waals surface area contributed by atoms with Crippen molar-refractivity contribution in [1.82, 2.24) is 0 Å². The van der Waals surface area contributed by atoms with Crippen LogP contribution in [0, 0.1) is 5.92 Å². The van der Waals surface area contributed by atoms with E-state index in [1.165, 1.54) is 17.7 Å². The third-order valence-electron chi connectivity index (χ3n) is 3.14. The van der Waals surface area contributed by atoms with E-state index in [-0.39, 0.29) is 0 Å². The number of rotatable bonds is 4. The van der Waals surface area contributed by atoms with E-state index in [4.69, 9.17) is 4.74 Å². The Morgan fingerprint density at radius 3 is 2.75 bits per heavy atom. The molecule has 1 aromatic rings. The fraction of sp³-hybridized carbons (Fsp3) is 0.538. The first-order chi connectivity index (χ1) is 7.83. The monoisotopic (exact) mass is 283 g/mol. The van der Waals surface area contributed by atoms with Crippen LogP contribution in [0.25, 0.3) is 0 Å². The quantitative estimate of drug-likeness (QED) is 0.788. The molecule has 0 N–H and O–H groups in total. The molecule has 1 aliphatic heterocycles. The smallest absolute Gasteiger partial charge is 0.0508 e. The van der Waals surface area contributed by atoms with E-state index in [0.29, 0.717) is 5.92 Å². The van der Waals surface area contributed by atoms with Gasteiger partial charge in [0.15, 0.2) is 0 Å². The summed E-state index contributed by atoms with van der Waals surface area (Å²) in [6, 6.07) is 8.80. The number of ether oxygens (including phenoxy) is 1. The molecule has 0 bridgehead atoms. The van der Waals surface area contributed by atoms with Crippen LogP contribution in [-0.4, -0.2) is 26.8 Å². The minimum absolute atomic E-state index is 0.695. The Bertz CT molecular complexity index is 325. The maximum absolute atomic E-state index is 5.21. The highest BCUT2D eigenvalue weighted by molar-refractivity contribution is 9.08. The average molecular weight is 284 g/mol. The molecule has 1 atom stereocenters. The lowest BCUT2D eigenvalue weighted by Crippen LogP contribution is -2.20. The van der Waals surface area contributed by atoms with E-state index < -0.39 is 0 Å². The fourth-order valence-corrected chi connectivity index (χ4v) is 2.61. The standard InChI is InChI=1S/C13H18BrNO/c1-16-10-12-6-7-15(9-12)13-4-2-11(8-14)3-5-13/h2-5,12H,6-10H2,1H3. The van der Waals surface area contributed by atoms with E-state index in [1.807, 2.05) is 0 Å². The number of benzene rings is 1. The van der Waals surface area contributed by atoms with Crippen LogP contribution in [0.3, 0.4) is 0 Å². The summed E-state index contributed by atoms with van der Waals surface area (Å²) in [4.78, 5) is 2.45. The van der Waals surface area contributed by atoms with Crippen molar-refractivity contribution in [3.05, 3.63) is 29.8 Å². The molecule has 2 nitrogen and oxygen atoms in total. The van der Waals surface area contributed by atoms with Gasteiger partial charge in [-0.2, -0.15) is 0 Å². The number of hydrogen-bond acceptors (Lipinski definition) is 2. The van der Waals surface area contributed by atoms with E-state index >= 15 is 0 Å². The lowest BCUT2D eigenvalue weighted by atomic mass is 10.1. The molecule has 2 rings (SSSR count). The molecular weight excluding hydrogens is 266 g/mol. The number of anilines is 1. The zero-order valence-corrected chi connectivity index (χ0v) is 11.2. The summed E-state index contributed by atoms with van der Waals surface area (Å²) in [5.74, 6) is 0.695. The van der Waals surface area contributed by atoms with Gasteiger partial charge in [-0.3, -0.25) is 0 Å². The van der Waals surface area contributed by atoms with Crippen molar-refractivity contribution in [3.8, 4) is 0 Å². The summed E-state index contributed by atoms with van der Waals surface area (Å²) in [6.07, 6.45) is 1.24. The van der Waals surface area contributed by atoms with Crippen LogP contribution < -0.4 is 4.90 Å². The molecule has 1 saturated heterocycles. The highest BCUT2D eigenvalue weighted by Crippen LogP contribution is 2.24. The molecule has 0 aromatic heterocycles. The van der Waals surface area contributed by atoms with E-state index in [2.05, 4.69) is 45.1 Å². The third-order valence-corrected chi connectivity index (χ3v) is 3.79. The van der Waals surface area contributed by atoms with Crippen LogP contribution >= 0.6 is 15.9 Å². The molecular formula is C13H18BrNO. The second-order valence-electron chi connectivity index (χ2n) is 4.36. The van der Waals surface area contributed by atoms with Crippen LogP contribution in [0.5, 0.6) is 0 Å². The van der Waals surface area contributed by atoms with Crippen LogP contribution in [0.1, 0.15) is 12.0 Å². The molecule has 0 spiro atoms. The minimum atomic E-state index is 0.695. The molecule has 1 unspecified atom stereocenters. The molecule has 0 aliphatic carbocycles. The molecule has 88 valence electrons. The van der Waals surface area contributed by atoms with Gasteiger partial charge in [-0.05, 0) is 24.1 Å². The Balaban J connectivity index is 1.97. The molecule has 16 heavy (non-hydrogen) atoms. The number of alkyl halides is 1. The SMILES string of the molecule is COCC1CCN(c2ccc(CBr)cc2)C1. The third kappa shape index (κ3) is 2.77. The van der Waals surface area contributed by atoms with Gasteiger partial charge in [-0.1, -0.05) is 28.1 Å². The van der Waals surface area contributed by atoms with Gasteiger partial charge in [-0.15, -0.1) is 0 Å². The average Bonchev–Trinajstić information content (AvgIpc) is 2.78. The van der Waals surface area contributed by atoms with Crippen LogP contribution in [0.4, 0.5) is 5.69 Å². The molecule has 0 radical (unpaired) electrons. The Labute approximate surface area is 106 Å². The topological polar surface area (TPSA) is 12.5 Å². The maximum atomic E-state index is 5.21. The number of nitrogens with zero attached hydrogens (tertiary/aromatic N) is 1. The molecule has 0 saturated carbocycles. The fourth-order valence-electron chi connectivity index (χ4n) is 2.23. The van der Waals surface area contributed by atoms with Crippen molar-refractivity contribution >= 4 is 21.6 Å². The summed E-state index contributed by atoms with van der Waals surface area (Å²) in [5, 5.41) is 0.930. The Morgan fingerprint density at radius 2 is 2.12 bits per heavy atom. The molecule has 1 aliphatic rings. The van der Waals surface area contributed by atoms with Crippen molar-refractivity contribution in [2.24, 2.45) is 5.92 Å². The lowest BCUT2D eigenvalue weighted by Gasteiger charge is -2.18. The Kier molecular flexibility index (Phi) is 4.24. The zero-order chi connectivity index (χ0) is 11.4. The van der Waals surface area contributed by atoms with Gasteiger partial charge >= 0.3 is 0 Å². The normalized spacial score (nSPS) is 20.4. The van der Waals surface area contributed by atoms with E-state index in [0.717, 1.165) is 25.0 Å². The van der Waals surface area contributed by atoms with Crippen molar-refractivity contribution in [2.75, 3.05) is 31.7 Å². The van der Waals surface area contributed by atoms with Crippen molar-refractivity contribution in [2.45, 2.75) is 11.8 Å². The summed E-state index contributed by atoms with van der Waals surface area (Å²) in [6.45, 7) is 3.17. The first-order valence-electron chi connectivity index (χ1n) is 5.72. The number of methoxy groups -OCH3 is 1. The van der Waals surface area contributed by atoms with Crippen LogP contribution in [0.15, 0.2) is 24.3 Å². The second-order valence-corrected chi connectivity index (χ2v) is 4.92. The Morgan fingerprint density at radius 1 is 1.38 bits per heavy atom. The summed E-state index contributed by atoms with van der Waals surface area (Å²) >= 11 is 3.47. The van der Waals surface area contributed by atoms with Gasteiger partial charge in [0.25, 0.3) is 0 Å². The number of halogens is 1. The Hall–Kier alpha value is -0.540. The van der Waals surface area contributed by atoms with Crippen molar-refractivity contribution in [1.29, 1.82) is 0 Å². The second kappa shape index (κ2) is 5.69. The summed E-state index contributed by atoms with van der Waals surface area (Å²) < 4.78 is 5.21. The lowest BCUT2D eigenvalue weighted by molar-refractivity contribution is 0.161. The molecule has 1 aromatic carbocycles. The predicted octanol–water partition coefficient (Wildman–Crippen LogP) is 3.05. The van der Waals surface area contributed by atoms with Crippen LogP contribution in [-0.2, 0) is 10.1 Å². The molecule has 0 amide bonds. The highest BCUT2D eigenvalue weighted by Gasteiger charge is 2.22. The maximum Gasteiger partial charge on any atom is 0.0508 e. The molecule has 3 heteroatoms. The van der Waals surface area contributed by atoms with Gasteiger partial charge in [-0.25, -0.2) is 0 Å². The van der Waals surface area contributed by atoms with Gasteiger partial charge in [0.05, 0.1) is 6.61 Å². The first kappa shape index (κ1) is 11.9. The van der Waals surface area contributed by atoms with Gasteiger partial charge in [0.2, 0.25) is 0 Å². The largest absolute Gasteiger partial charge is 0.384 e.